The van der Waals surface area contributed by atoms with Crippen molar-refractivity contribution in [3.63, 3.8) is 0 Å². The van der Waals surface area contributed by atoms with E-state index in [2.05, 4.69) is 29.1 Å². The van der Waals surface area contributed by atoms with E-state index in [-0.39, 0.29) is 11.4 Å². The Morgan fingerprint density at radius 2 is 2.04 bits per heavy atom. The molecule has 2 atom stereocenters. The minimum Gasteiger partial charge on any atom is -0.442 e. The first-order chi connectivity index (χ1) is 11.5. The minimum atomic E-state index is 0.0597. The Hall–Kier alpha value is -2.11. The summed E-state index contributed by atoms with van der Waals surface area (Å²) >= 11 is 0. The average Bonchev–Trinajstić information content (AvgIpc) is 3.26. The maximum absolute atomic E-state index is 13.1. The van der Waals surface area contributed by atoms with Gasteiger partial charge in [0.2, 0.25) is 5.71 Å². The van der Waals surface area contributed by atoms with Gasteiger partial charge in [-0.1, -0.05) is 6.92 Å². The lowest BCUT2D eigenvalue weighted by Crippen LogP contribution is -2.31. The molecule has 1 N–H and O–H groups in total. The average molecular weight is 326 g/mol. The minimum absolute atomic E-state index is 0.0597. The number of aromatic nitrogens is 2. The summed E-state index contributed by atoms with van der Waals surface area (Å²) in [5.41, 5.74) is 1.21. The van der Waals surface area contributed by atoms with Crippen LogP contribution >= 0.6 is 0 Å². The highest BCUT2D eigenvalue weighted by Gasteiger charge is 2.54. The Labute approximate surface area is 140 Å². The van der Waals surface area contributed by atoms with Crippen LogP contribution in [0.25, 0.3) is 11.1 Å². The molecule has 1 aliphatic heterocycles. The number of rotatable bonds is 3. The summed E-state index contributed by atoms with van der Waals surface area (Å²) in [5.74, 6) is 3.56. The number of hydrogen-bond acceptors (Lipinski definition) is 5. The predicted molar refractivity (Wildman–Crippen MR) is 89.9 cm³/mol. The molecule has 2 saturated carbocycles. The lowest BCUT2D eigenvalue weighted by atomic mass is 10.1. The molecule has 2 aromatic rings. The maximum atomic E-state index is 13.1. The van der Waals surface area contributed by atoms with Gasteiger partial charge in [-0.25, -0.2) is 9.97 Å². The molecule has 2 aromatic heterocycles. The van der Waals surface area contributed by atoms with E-state index in [0.29, 0.717) is 28.9 Å². The molecule has 3 fully saturated rings. The van der Waals surface area contributed by atoms with E-state index in [4.69, 9.17) is 4.42 Å². The van der Waals surface area contributed by atoms with Crippen molar-refractivity contribution in [2.75, 3.05) is 18.4 Å². The molecule has 0 radical (unpaired) electrons. The van der Waals surface area contributed by atoms with Crippen LogP contribution in [0.1, 0.15) is 42.8 Å². The summed E-state index contributed by atoms with van der Waals surface area (Å²) in [4.78, 5) is 23.7. The van der Waals surface area contributed by atoms with Crippen LogP contribution in [-0.2, 0) is 0 Å². The molecule has 3 heterocycles. The zero-order valence-electron chi connectivity index (χ0n) is 14.3. The molecule has 2 aliphatic carbocycles. The quantitative estimate of drug-likeness (QED) is 0.939. The van der Waals surface area contributed by atoms with Gasteiger partial charge in [-0.3, -0.25) is 4.79 Å². The lowest BCUT2D eigenvalue weighted by molar-refractivity contribution is 0.0769. The van der Waals surface area contributed by atoms with Crippen molar-refractivity contribution in [2.24, 2.45) is 17.8 Å². The zero-order valence-corrected chi connectivity index (χ0v) is 14.3. The molecule has 1 amide bonds. The topological polar surface area (TPSA) is 71.3 Å². The molecule has 0 spiro atoms. The molecular weight excluding hydrogens is 304 g/mol. The van der Waals surface area contributed by atoms with Crippen LogP contribution in [0.5, 0.6) is 0 Å². The van der Waals surface area contributed by atoms with Crippen molar-refractivity contribution in [3.05, 3.63) is 17.7 Å². The number of carbonyl (C=O) groups is 1. The zero-order chi connectivity index (χ0) is 16.6. The summed E-state index contributed by atoms with van der Waals surface area (Å²) in [5, 5.41) is 4.21. The van der Waals surface area contributed by atoms with Crippen LogP contribution in [0, 0.1) is 24.7 Å². The second-order valence-corrected chi connectivity index (χ2v) is 8.02. The van der Waals surface area contributed by atoms with Crippen LogP contribution in [0.2, 0.25) is 0 Å². The van der Waals surface area contributed by atoms with Gasteiger partial charge in [0.15, 0.2) is 0 Å². The highest BCUT2D eigenvalue weighted by molar-refractivity contribution is 6.10. The fraction of sp³-hybridized carbons (Fsp3) is 0.611. The molecule has 126 valence electrons. The first-order valence-corrected chi connectivity index (χ1v) is 8.78. The van der Waals surface area contributed by atoms with Gasteiger partial charge in [-0.15, -0.1) is 0 Å². The highest BCUT2D eigenvalue weighted by atomic mass is 16.3. The number of nitrogens with one attached hydrogen (secondary N) is 1. The highest BCUT2D eigenvalue weighted by Crippen LogP contribution is 2.51. The smallest absolute Gasteiger partial charge is 0.258 e. The van der Waals surface area contributed by atoms with Gasteiger partial charge >= 0.3 is 0 Å². The van der Waals surface area contributed by atoms with Crippen molar-refractivity contribution in [3.8, 4) is 0 Å². The molecule has 24 heavy (non-hydrogen) atoms. The third-order valence-corrected chi connectivity index (χ3v) is 6.21. The van der Waals surface area contributed by atoms with Gasteiger partial charge in [0, 0.05) is 18.6 Å². The van der Waals surface area contributed by atoms with Crippen LogP contribution in [0.3, 0.4) is 0 Å². The van der Waals surface area contributed by atoms with E-state index in [0.717, 1.165) is 43.1 Å². The van der Waals surface area contributed by atoms with Crippen molar-refractivity contribution >= 4 is 22.8 Å². The molecule has 6 heteroatoms. The number of nitrogens with zero attached hydrogens (tertiary/aromatic N) is 3. The van der Waals surface area contributed by atoms with E-state index >= 15 is 0 Å². The van der Waals surface area contributed by atoms with E-state index in [1.54, 1.807) is 0 Å². The van der Waals surface area contributed by atoms with Gasteiger partial charge in [0.1, 0.15) is 17.9 Å². The second kappa shape index (κ2) is 4.49. The lowest BCUT2D eigenvalue weighted by Gasteiger charge is -2.19. The fourth-order valence-electron chi connectivity index (χ4n) is 4.14. The van der Waals surface area contributed by atoms with Crippen molar-refractivity contribution in [2.45, 2.75) is 39.2 Å². The van der Waals surface area contributed by atoms with Crippen molar-refractivity contribution in [1.29, 1.82) is 0 Å². The Morgan fingerprint density at radius 1 is 1.33 bits per heavy atom. The molecular formula is C18H22N4O2. The summed E-state index contributed by atoms with van der Waals surface area (Å²) in [6, 6.07) is 0. The standard InChI is InChI=1S/C18H22N4O2/c1-9-11-6-22(7-12(9)11)17(23)13-10(2)24-16-14(13)15(19-8-20-16)21-18(3)4-5-18/h8-9,11-12H,4-7H2,1-3H3,(H,19,20,21). The number of likely N-dealkylation sites (tertiary alicyclic amines) is 1. The third-order valence-electron chi connectivity index (χ3n) is 6.21. The van der Waals surface area contributed by atoms with Crippen LogP contribution in [0.4, 0.5) is 5.82 Å². The van der Waals surface area contributed by atoms with Gasteiger partial charge in [-0.05, 0) is 44.4 Å². The molecule has 2 unspecified atom stereocenters. The predicted octanol–water partition coefficient (Wildman–Crippen LogP) is 2.83. The number of furan rings is 1. The van der Waals surface area contributed by atoms with E-state index in [9.17, 15) is 4.79 Å². The number of aryl methyl sites for hydroxylation is 1. The van der Waals surface area contributed by atoms with Gasteiger partial charge < -0.3 is 14.6 Å². The molecule has 0 aromatic carbocycles. The number of carbonyl (C=O) groups excluding carboxylic acids is 1. The van der Waals surface area contributed by atoms with Crippen LogP contribution in [0.15, 0.2) is 10.7 Å². The summed E-state index contributed by atoms with van der Waals surface area (Å²) < 4.78 is 5.78. The number of amides is 1. The Bertz CT molecular complexity index is 842. The molecule has 6 nitrogen and oxygen atoms in total. The molecule has 3 aliphatic rings. The first kappa shape index (κ1) is 14.3. The summed E-state index contributed by atoms with van der Waals surface area (Å²) in [6.45, 7) is 8.03. The SMILES string of the molecule is Cc1oc2ncnc(NC3(C)CC3)c2c1C(=O)N1CC2C(C)C2C1. The number of hydrogen-bond donors (Lipinski definition) is 1. The van der Waals surface area contributed by atoms with E-state index in [1.807, 2.05) is 11.8 Å². The Morgan fingerprint density at radius 3 is 2.71 bits per heavy atom. The number of anilines is 1. The Kier molecular flexibility index (Phi) is 2.67. The van der Waals surface area contributed by atoms with Gasteiger partial charge in [0.05, 0.1) is 10.9 Å². The van der Waals surface area contributed by atoms with Crippen molar-refractivity contribution < 1.29 is 9.21 Å². The summed E-state index contributed by atoms with van der Waals surface area (Å²) in [6.07, 6.45) is 3.73. The van der Waals surface area contributed by atoms with Crippen LogP contribution < -0.4 is 5.32 Å². The number of fused-ring (bicyclic) bond motifs is 2. The molecule has 5 rings (SSSR count). The van der Waals surface area contributed by atoms with Crippen LogP contribution in [-0.4, -0.2) is 39.4 Å². The Balaban J connectivity index is 1.55. The largest absolute Gasteiger partial charge is 0.442 e. The monoisotopic (exact) mass is 326 g/mol. The normalized spacial score (nSPS) is 29.6. The van der Waals surface area contributed by atoms with Crippen molar-refractivity contribution in [1.82, 2.24) is 14.9 Å². The molecule has 0 bridgehead atoms. The van der Waals surface area contributed by atoms with Gasteiger partial charge in [0.25, 0.3) is 5.91 Å². The first-order valence-electron chi connectivity index (χ1n) is 8.78. The van der Waals surface area contributed by atoms with Gasteiger partial charge in [-0.2, -0.15) is 0 Å². The maximum Gasteiger partial charge on any atom is 0.258 e. The van der Waals surface area contributed by atoms with E-state index < -0.39 is 0 Å². The number of piperidine rings is 1. The van der Waals surface area contributed by atoms with E-state index in [1.165, 1.54) is 6.33 Å². The molecule has 1 saturated heterocycles. The summed E-state index contributed by atoms with van der Waals surface area (Å²) in [7, 11) is 0. The fourth-order valence-corrected chi connectivity index (χ4v) is 4.14. The third kappa shape index (κ3) is 1.98. The second-order valence-electron chi connectivity index (χ2n) is 8.02.